The smallest absolute Gasteiger partial charge is 0.126 e. The molecule has 0 bridgehead atoms. The summed E-state index contributed by atoms with van der Waals surface area (Å²) in [5.41, 5.74) is 1.41. The molecule has 1 aliphatic heterocycles. The molecule has 1 unspecified atom stereocenters. The van der Waals surface area contributed by atoms with Crippen LogP contribution in [0.2, 0.25) is 0 Å². The maximum Gasteiger partial charge on any atom is 0.126 e. The van der Waals surface area contributed by atoms with Crippen LogP contribution in [0.5, 0.6) is 0 Å². The van der Waals surface area contributed by atoms with Crippen molar-refractivity contribution in [3.8, 4) is 0 Å². The number of nitrogens with one attached hydrogen (secondary N) is 1. The van der Waals surface area contributed by atoms with E-state index in [4.69, 9.17) is 0 Å². The molecule has 2 aliphatic rings. The SMILES string of the molecule is CCCNc1cc(CN2CCCC2C2CCCC2)ccn1. The first-order valence-corrected chi connectivity index (χ1v) is 8.79. The normalized spacial score (nSPS) is 23.8. The molecule has 3 heteroatoms. The van der Waals surface area contributed by atoms with E-state index in [1.54, 1.807) is 0 Å². The molecule has 0 aromatic carbocycles. The summed E-state index contributed by atoms with van der Waals surface area (Å²) in [6, 6.07) is 5.26. The number of aromatic nitrogens is 1. The minimum atomic E-state index is 0.840. The third-order valence-corrected chi connectivity index (χ3v) is 5.12. The summed E-state index contributed by atoms with van der Waals surface area (Å²) in [6.07, 6.45) is 11.7. The van der Waals surface area contributed by atoms with Crippen molar-refractivity contribution in [3.05, 3.63) is 23.9 Å². The van der Waals surface area contributed by atoms with E-state index in [1.165, 1.54) is 50.6 Å². The summed E-state index contributed by atoms with van der Waals surface area (Å²) in [5, 5.41) is 3.40. The number of nitrogens with zero attached hydrogens (tertiary/aromatic N) is 2. The van der Waals surface area contributed by atoms with Gasteiger partial charge in [-0.05, 0) is 62.3 Å². The van der Waals surface area contributed by atoms with Crippen molar-refractivity contribution in [1.29, 1.82) is 0 Å². The maximum absolute atomic E-state index is 4.42. The summed E-state index contributed by atoms with van der Waals surface area (Å²) in [7, 11) is 0. The van der Waals surface area contributed by atoms with Crippen molar-refractivity contribution in [2.24, 2.45) is 5.92 Å². The first kappa shape index (κ1) is 14.8. The highest BCUT2D eigenvalue weighted by molar-refractivity contribution is 5.37. The fourth-order valence-corrected chi connectivity index (χ4v) is 4.08. The van der Waals surface area contributed by atoms with E-state index in [0.717, 1.165) is 37.3 Å². The highest BCUT2D eigenvalue weighted by Gasteiger charge is 2.32. The highest BCUT2D eigenvalue weighted by atomic mass is 15.2. The summed E-state index contributed by atoms with van der Waals surface area (Å²) in [5.74, 6) is 2.00. The average molecular weight is 287 g/mol. The molecule has 21 heavy (non-hydrogen) atoms. The van der Waals surface area contributed by atoms with Crippen LogP contribution in [-0.4, -0.2) is 29.0 Å². The van der Waals surface area contributed by atoms with Gasteiger partial charge in [-0.1, -0.05) is 19.8 Å². The summed E-state index contributed by atoms with van der Waals surface area (Å²) >= 11 is 0. The lowest BCUT2D eigenvalue weighted by Crippen LogP contribution is -2.34. The molecule has 3 rings (SSSR count). The molecule has 1 aliphatic carbocycles. The van der Waals surface area contributed by atoms with Crippen LogP contribution in [0.4, 0.5) is 5.82 Å². The molecule has 3 nitrogen and oxygen atoms in total. The molecule has 1 aromatic heterocycles. The van der Waals surface area contributed by atoms with Gasteiger partial charge < -0.3 is 5.32 Å². The molecule has 2 heterocycles. The number of hydrogen-bond acceptors (Lipinski definition) is 3. The van der Waals surface area contributed by atoms with Gasteiger partial charge in [-0.15, -0.1) is 0 Å². The fourth-order valence-electron chi connectivity index (χ4n) is 4.08. The van der Waals surface area contributed by atoms with Gasteiger partial charge in [-0.25, -0.2) is 4.98 Å². The van der Waals surface area contributed by atoms with Gasteiger partial charge in [0.15, 0.2) is 0 Å². The Hall–Kier alpha value is -1.09. The molecular formula is C18H29N3. The molecule has 0 radical (unpaired) electrons. The van der Waals surface area contributed by atoms with E-state index < -0.39 is 0 Å². The van der Waals surface area contributed by atoms with Crippen molar-refractivity contribution >= 4 is 5.82 Å². The lowest BCUT2D eigenvalue weighted by Gasteiger charge is -2.29. The van der Waals surface area contributed by atoms with Crippen molar-refractivity contribution in [2.45, 2.75) is 64.5 Å². The molecule has 1 N–H and O–H groups in total. The van der Waals surface area contributed by atoms with Crippen molar-refractivity contribution in [2.75, 3.05) is 18.4 Å². The number of rotatable bonds is 6. The number of likely N-dealkylation sites (tertiary alicyclic amines) is 1. The van der Waals surface area contributed by atoms with Crippen LogP contribution in [-0.2, 0) is 6.54 Å². The Morgan fingerprint density at radius 2 is 2.10 bits per heavy atom. The second kappa shape index (κ2) is 7.26. The quantitative estimate of drug-likeness (QED) is 0.855. The van der Waals surface area contributed by atoms with E-state index in [-0.39, 0.29) is 0 Å². The van der Waals surface area contributed by atoms with Gasteiger partial charge in [-0.3, -0.25) is 4.90 Å². The second-order valence-corrected chi connectivity index (χ2v) is 6.70. The van der Waals surface area contributed by atoms with E-state index in [0.29, 0.717) is 0 Å². The number of pyridine rings is 1. The lowest BCUT2D eigenvalue weighted by atomic mass is 9.96. The first-order valence-electron chi connectivity index (χ1n) is 8.79. The minimum absolute atomic E-state index is 0.840. The Bertz CT molecular complexity index is 440. The first-order chi connectivity index (χ1) is 10.4. The molecule has 1 aromatic rings. The van der Waals surface area contributed by atoms with Gasteiger partial charge in [0.05, 0.1) is 0 Å². The summed E-state index contributed by atoms with van der Waals surface area (Å²) < 4.78 is 0. The Balaban J connectivity index is 1.62. The number of hydrogen-bond donors (Lipinski definition) is 1. The standard InChI is InChI=1S/C18H29N3/c1-2-10-19-18-13-15(9-11-20-18)14-21-12-5-8-17(21)16-6-3-4-7-16/h9,11,13,16-17H,2-8,10,12,14H2,1H3,(H,19,20). The van der Waals surface area contributed by atoms with Crippen LogP contribution in [0.25, 0.3) is 0 Å². The average Bonchev–Trinajstić information content (AvgIpc) is 3.16. The fraction of sp³-hybridized carbons (Fsp3) is 0.722. The largest absolute Gasteiger partial charge is 0.370 e. The topological polar surface area (TPSA) is 28.2 Å². The van der Waals surface area contributed by atoms with E-state index in [1.807, 2.05) is 6.20 Å². The highest BCUT2D eigenvalue weighted by Crippen LogP contribution is 2.36. The molecule has 1 saturated heterocycles. The van der Waals surface area contributed by atoms with E-state index >= 15 is 0 Å². The van der Waals surface area contributed by atoms with Gasteiger partial charge in [0.1, 0.15) is 5.82 Å². The van der Waals surface area contributed by atoms with Gasteiger partial charge in [0.25, 0.3) is 0 Å². The molecule has 1 saturated carbocycles. The number of anilines is 1. The third-order valence-electron chi connectivity index (χ3n) is 5.12. The lowest BCUT2D eigenvalue weighted by molar-refractivity contribution is 0.183. The van der Waals surface area contributed by atoms with Crippen LogP contribution in [0.3, 0.4) is 0 Å². The maximum atomic E-state index is 4.42. The van der Waals surface area contributed by atoms with Crippen molar-refractivity contribution < 1.29 is 0 Å². The molecule has 116 valence electrons. The van der Waals surface area contributed by atoms with Crippen LogP contribution in [0, 0.1) is 5.92 Å². The van der Waals surface area contributed by atoms with Gasteiger partial charge in [0.2, 0.25) is 0 Å². The Labute approximate surface area is 129 Å². The molecule has 0 spiro atoms. The molecular weight excluding hydrogens is 258 g/mol. The van der Waals surface area contributed by atoms with Crippen LogP contribution in [0.15, 0.2) is 18.3 Å². The van der Waals surface area contributed by atoms with E-state index in [9.17, 15) is 0 Å². The van der Waals surface area contributed by atoms with Gasteiger partial charge in [-0.2, -0.15) is 0 Å². The van der Waals surface area contributed by atoms with E-state index in [2.05, 4.69) is 34.3 Å². The van der Waals surface area contributed by atoms with Crippen LogP contribution < -0.4 is 5.32 Å². The van der Waals surface area contributed by atoms with Crippen molar-refractivity contribution in [3.63, 3.8) is 0 Å². The molecule has 1 atom stereocenters. The summed E-state index contributed by atoms with van der Waals surface area (Å²) in [4.78, 5) is 7.15. The minimum Gasteiger partial charge on any atom is -0.370 e. The van der Waals surface area contributed by atoms with Crippen molar-refractivity contribution in [1.82, 2.24) is 9.88 Å². The zero-order valence-electron chi connectivity index (χ0n) is 13.4. The third kappa shape index (κ3) is 3.76. The monoisotopic (exact) mass is 287 g/mol. The zero-order chi connectivity index (χ0) is 14.5. The second-order valence-electron chi connectivity index (χ2n) is 6.70. The summed E-state index contributed by atoms with van der Waals surface area (Å²) in [6.45, 7) is 5.57. The Kier molecular flexibility index (Phi) is 5.13. The Morgan fingerprint density at radius 3 is 2.90 bits per heavy atom. The van der Waals surface area contributed by atoms with Crippen LogP contribution in [0.1, 0.15) is 57.4 Å². The predicted octanol–water partition coefficient (Wildman–Crippen LogP) is 4.06. The van der Waals surface area contributed by atoms with Gasteiger partial charge >= 0.3 is 0 Å². The predicted molar refractivity (Wildman–Crippen MR) is 88.4 cm³/mol. The molecule has 0 amide bonds. The van der Waals surface area contributed by atoms with Crippen LogP contribution >= 0.6 is 0 Å². The molecule has 2 fully saturated rings. The Morgan fingerprint density at radius 1 is 1.24 bits per heavy atom. The van der Waals surface area contributed by atoms with Gasteiger partial charge in [0, 0.05) is 25.3 Å². The zero-order valence-corrected chi connectivity index (χ0v) is 13.4.